The van der Waals surface area contributed by atoms with Crippen LogP contribution in [0.2, 0.25) is 0 Å². The molecule has 7 nitrogen and oxygen atoms in total. The SMILES string of the molecule is COc1ccc(-c2ncc3c(=O)[nH][nH]c(=O)c3n2)cc1. The maximum absolute atomic E-state index is 11.7. The molecule has 0 unspecified atom stereocenters. The average molecular weight is 270 g/mol. The molecular formula is C13H10N4O3. The zero-order valence-corrected chi connectivity index (χ0v) is 10.5. The number of rotatable bonds is 2. The lowest BCUT2D eigenvalue weighted by Gasteiger charge is -2.03. The predicted octanol–water partition coefficient (Wildman–Crippen LogP) is 0.682. The molecule has 0 amide bonds. The number of benzene rings is 1. The van der Waals surface area contributed by atoms with Gasteiger partial charge in [-0.3, -0.25) is 19.8 Å². The minimum atomic E-state index is -0.461. The number of methoxy groups -OCH3 is 1. The van der Waals surface area contributed by atoms with Crippen molar-refractivity contribution in [1.82, 2.24) is 20.2 Å². The van der Waals surface area contributed by atoms with E-state index in [9.17, 15) is 9.59 Å². The van der Waals surface area contributed by atoms with Crippen LogP contribution in [-0.2, 0) is 0 Å². The molecule has 3 aromatic rings. The molecule has 0 saturated heterocycles. The molecule has 2 N–H and O–H groups in total. The van der Waals surface area contributed by atoms with Gasteiger partial charge in [0.05, 0.1) is 12.5 Å². The number of hydrogen-bond donors (Lipinski definition) is 2. The summed E-state index contributed by atoms with van der Waals surface area (Å²) in [6.07, 6.45) is 1.34. The van der Waals surface area contributed by atoms with Crippen LogP contribution in [0.1, 0.15) is 0 Å². The van der Waals surface area contributed by atoms with Crippen LogP contribution in [0.3, 0.4) is 0 Å². The second kappa shape index (κ2) is 4.61. The maximum atomic E-state index is 11.7. The highest BCUT2D eigenvalue weighted by atomic mass is 16.5. The first kappa shape index (κ1) is 12.1. The number of aromatic amines is 2. The molecule has 0 saturated carbocycles. The molecule has 20 heavy (non-hydrogen) atoms. The topological polar surface area (TPSA) is 101 Å². The highest BCUT2D eigenvalue weighted by Gasteiger charge is 2.08. The summed E-state index contributed by atoms with van der Waals surface area (Å²) in [6, 6.07) is 7.10. The summed E-state index contributed by atoms with van der Waals surface area (Å²) in [5.41, 5.74) is -0.0976. The molecular weight excluding hydrogens is 260 g/mol. The van der Waals surface area contributed by atoms with E-state index in [1.165, 1.54) is 6.20 Å². The molecule has 0 aliphatic heterocycles. The molecule has 0 aliphatic rings. The van der Waals surface area contributed by atoms with E-state index in [4.69, 9.17) is 4.74 Å². The lowest BCUT2D eigenvalue weighted by Crippen LogP contribution is -2.20. The second-order valence-electron chi connectivity index (χ2n) is 4.09. The normalized spacial score (nSPS) is 10.7. The fourth-order valence-corrected chi connectivity index (χ4v) is 1.84. The minimum Gasteiger partial charge on any atom is -0.497 e. The van der Waals surface area contributed by atoms with E-state index in [1.54, 1.807) is 31.4 Å². The molecule has 0 aliphatic carbocycles. The van der Waals surface area contributed by atoms with Gasteiger partial charge in [-0.15, -0.1) is 0 Å². The second-order valence-corrected chi connectivity index (χ2v) is 4.09. The fraction of sp³-hybridized carbons (Fsp3) is 0.0769. The van der Waals surface area contributed by atoms with Crippen molar-refractivity contribution >= 4 is 10.9 Å². The van der Waals surface area contributed by atoms with Gasteiger partial charge >= 0.3 is 0 Å². The largest absolute Gasteiger partial charge is 0.497 e. The van der Waals surface area contributed by atoms with Crippen molar-refractivity contribution < 1.29 is 4.74 Å². The van der Waals surface area contributed by atoms with E-state index in [2.05, 4.69) is 20.2 Å². The van der Waals surface area contributed by atoms with Crippen LogP contribution in [0.15, 0.2) is 40.1 Å². The van der Waals surface area contributed by atoms with E-state index < -0.39 is 11.1 Å². The molecule has 0 bridgehead atoms. The third-order valence-electron chi connectivity index (χ3n) is 2.89. The van der Waals surface area contributed by atoms with Crippen LogP contribution in [0, 0.1) is 0 Å². The van der Waals surface area contributed by atoms with Gasteiger partial charge < -0.3 is 4.74 Å². The first-order chi connectivity index (χ1) is 9.69. The Morgan fingerprint density at radius 1 is 1.05 bits per heavy atom. The van der Waals surface area contributed by atoms with E-state index in [0.717, 1.165) is 5.56 Å². The monoisotopic (exact) mass is 270 g/mol. The Labute approximate surface area is 112 Å². The molecule has 0 spiro atoms. The molecule has 0 atom stereocenters. The van der Waals surface area contributed by atoms with Crippen LogP contribution in [0.4, 0.5) is 0 Å². The summed E-state index contributed by atoms with van der Waals surface area (Å²) in [5.74, 6) is 1.08. The number of nitrogens with one attached hydrogen (secondary N) is 2. The van der Waals surface area contributed by atoms with E-state index in [1.807, 2.05) is 0 Å². The van der Waals surface area contributed by atoms with Crippen molar-refractivity contribution in [1.29, 1.82) is 0 Å². The van der Waals surface area contributed by atoms with Gasteiger partial charge in [0.1, 0.15) is 11.3 Å². The third kappa shape index (κ3) is 1.95. The third-order valence-corrected chi connectivity index (χ3v) is 2.89. The van der Waals surface area contributed by atoms with E-state index >= 15 is 0 Å². The summed E-state index contributed by atoms with van der Waals surface area (Å²) in [6.45, 7) is 0. The van der Waals surface area contributed by atoms with Crippen molar-refractivity contribution in [2.45, 2.75) is 0 Å². The Hall–Kier alpha value is -2.96. The molecule has 7 heteroatoms. The zero-order chi connectivity index (χ0) is 14.1. The molecule has 0 fully saturated rings. The van der Waals surface area contributed by atoms with Gasteiger partial charge in [-0.1, -0.05) is 0 Å². The van der Waals surface area contributed by atoms with Crippen LogP contribution in [0.25, 0.3) is 22.3 Å². The Balaban J connectivity index is 2.19. The lowest BCUT2D eigenvalue weighted by atomic mass is 10.2. The summed E-state index contributed by atoms with van der Waals surface area (Å²) < 4.78 is 5.07. The smallest absolute Gasteiger partial charge is 0.289 e. The quantitative estimate of drug-likeness (QED) is 0.713. The van der Waals surface area contributed by atoms with E-state index in [-0.39, 0.29) is 10.9 Å². The number of ether oxygens (including phenoxy) is 1. The summed E-state index contributed by atoms with van der Waals surface area (Å²) in [5, 5.41) is 4.62. The Kier molecular flexibility index (Phi) is 2.79. The van der Waals surface area contributed by atoms with Gasteiger partial charge in [-0.05, 0) is 24.3 Å². The Morgan fingerprint density at radius 3 is 2.45 bits per heavy atom. The molecule has 3 rings (SSSR count). The van der Waals surface area contributed by atoms with Gasteiger partial charge in [0.25, 0.3) is 11.1 Å². The highest BCUT2D eigenvalue weighted by molar-refractivity contribution is 5.77. The molecule has 2 heterocycles. The fourth-order valence-electron chi connectivity index (χ4n) is 1.84. The standard InChI is InChI=1S/C13H10N4O3/c1-20-8-4-2-7(3-5-8)11-14-6-9-10(15-11)13(19)17-16-12(9)18/h2-6H,1H3,(H,16,18)(H,17,19). The number of hydrogen-bond acceptors (Lipinski definition) is 5. The van der Waals surface area contributed by atoms with Crippen LogP contribution in [-0.4, -0.2) is 27.3 Å². The minimum absolute atomic E-state index is 0.0644. The van der Waals surface area contributed by atoms with Crippen LogP contribution >= 0.6 is 0 Å². The number of nitrogens with zero attached hydrogens (tertiary/aromatic N) is 2. The van der Waals surface area contributed by atoms with Crippen molar-refractivity contribution in [3.63, 3.8) is 0 Å². The summed E-state index contributed by atoms with van der Waals surface area (Å²) in [4.78, 5) is 31.5. The molecule has 2 aromatic heterocycles. The van der Waals surface area contributed by atoms with Crippen molar-refractivity contribution in [3.8, 4) is 17.1 Å². The van der Waals surface area contributed by atoms with E-state index in [0.29, 0.717) is 11.6 Å². The number of H-pyrrole nitrogens is 2. The molecule has 100 valence electrons. The van der Waals surface area contributed by atoms with Gasteiger partial charge in [-0.25, -0.2) is 9.97 Å². The average Bonchev–Trinajstić information content (AvgIpc) is 2.51. The first-order valence-corrected chi connectivity index (χ1v) is 5.81. The first-order valence-electron chi connectivity index (χ1n) is 5.81. The van der Waals surface area contributed by atoms with Gasteiger partial charge in [-0.2, -0.15) is 0 Å². The molecule has 0 radical (unpaired) electrons. The maximum Gasteiger partial charge on any atom is 0.289 e. The Bertz CT molecular complexity index is 880. The highest BCUT2D eigenvalue weighted by Crippen LogP contribution is 2.19. The van der Waals surface area contributed by atoms with Crippen molar-refractivity contribution in [3.05, 3.63) is 51.2 Å². The van der Waals surface area contributed by atoms with Gasteiger partial charge in [0.15, 0.2) is 5.82 Å². The number of fused-ring (bicyclic) bond motifs is 1. The Morgan fingerprint density at radius 2 is 1.75 bits per heavy atom. The zero-order valence-electron chi connectivity index (χ0n) is 10.5. The number of aromatic nitrogens is 4. The summed E-state index contributed by atoms with van der Waals surface area (Å²) >= 11 is 0. The molecule has 1 aromatic carbocycles. The van der Waals surface area contributed by atoms with Crippen LogP contribution in [0.5, 0.6) is 5.75 Å². The summed E-state index contributed by atoms with van der Waals surface area (Å²) in [7, 11) is 1.58. The van der Waals surface area contributed by atoms with Gasteiger partial charge in [0, 0.05) is 11.8 Å². The van der Waals surface area contributed by atoms with Gasteiger partial charge in [0.2, 0.25) is 0 Å². The predicted molar refractivity (Wildman–Crippen MR) is 72.8 cm³/mol. The lowest BCUT2D eigenvalue weighted by molar-refractivity contribution is 0.415. The van der Waals surface area contributed by atoms with Crippen molar-refractivity contribution in [2.24, 2.45) is 0 Å². The van der Waals surface area contributed by atoms with Crippen molar-refractivity contribution in [2.75, 3.05) is 7.11 Å². The van der Waals surface area contributed by atoms with Crippen LogP contribution < -0.4 is 15.9 Å².